The molecule has 3 aromatic rings. The van der Waals surface area contributed by atoms with Crippen molar-refractivity contribution in [3.63, 3.8) is 0 Å². The minimum absolute atomic E-state index is 0.155. The molecular weight excluding hydrogens is 530 g/mol. The van der Waals surface area contributed by atoms with Crippen LogP contribution < -0.4 is 15.5 Å². The van der Waals surface area contributed by atoms with Gasteiger partial charge in [-0.05, 0) is 53.8 Å². The average molecular weight is 552 g/mol. The number of urea groups is 1. The predicted molar refractivity (Wildman–Crippen MR) is 126 cm³/mol. The summed E-state index contributed by atoms with van der Waals surface area (Å²) in [5.74, 6) is -3.76. The first-order valence-electron chi connectivity index (χ1n) is 11.7. The number of ether oxygens (including phenoxy) is 1. The molecule has 0 bridgehead atoms. The van der Waals surface area contributed by atoms with E-state index in [1.807, 2.05) is 5.48 Å². The Hall–Kier alpha value is -4.22. The molecular formula is C27H22F6N2O4. The van der Waals surface area contributed by atoms with E-state index in [1.165, 1.54) is 12.1 Å². The highest BCUT2D eigenvalue weighted by molar-refractivity contribution is 5.80. The summed E-state index contributed by atoms with van der Waals surface area (Å²) in [4.78, 5) is 29.7. The molecule has 2 amide bonds. The molecule has 0 aliphatic heterocycles. The molecule has 4 rings (SSSR count). The van der Waals surface area contributed by atoms with Gasteiger partial charge in [0.15, 0.2) is 0 Å². The fraction of sp³-hybridized carbons (Fsp3) is 0.259. The van der Waals surface area contributed by atoms with Crippen molar-refractivity contribution in [3.8, 4) is 5.75 Å². The maximum absolute atomic E-state index is 14.8. The van der Waals surface area contributed by atoms with Crippen LogP contribution in [0.5, 0.6) is 5.75 Å². The predicted octanol–water partition coefficient (Wildman–Crippen LogP) is 5.86. The molecule has 0 spiro atoms. The fourth-order valence-corrected chi connectivity index (χ4v) is 3.98. The van der Waals surface area contributed by atoms with Crippen LogP contribution in [0.25, 0.3) is 0 Å². The van der Waals surface area contributed by atoms with Crippen molar-refractivity contribution in [2.24, 2.45) is 5.92 Å². The molecule has 206 valence electrons. The lowest BCUT2D eigenvalue weighted by atomic mass is 9.77. The summed E-state index contributed by atoms with van der Waals surface area (Å²) in [5.41, 5.74) is 0.643. The van der Waals surface area contributed by atoms with Gasteiger partial charge < -0.3 is 14.9 Å². The molecule has 12 heteroatoms. The van der Waals surface area contributed by atoms with E-state index in [1.54, 1.807) is 30.3 Å². The molecule has 1 fully saturated rings. The Labute approximate surface area is 218 Å². The zero-order valence-corrected chi connectivity index (χ0v) is 20.1. The van der Waals surface area contributed by atoms with Crippen LogP contribution in [0.3, 0.4) is 0 Å². The number of hydroxylamine groups is 1. The van der Waals surface area contributed by atoms with Crippen LogP contribution in [-0.2, 0) is 21.6 Å². The number of hydrogen-bond donors (Lipinski definition) is 2. The van der Waals surface area contributed by atoms with Crippen molar-refractivity contribution in [2.75, 3.05) is 0 Å². The van der Waals surface area contributed by atoms with Crippen LogP contribution in [0.2, 0.25) is 0 Å². The zero-order valence-electron chi connectivity index (χ0n) is 20.1. The summed E-state index contributed by atoms with van der Waals surface area (Å²) < 4.78 is 85.7. The van der Waals surface area contributed by atoms with Crippen molar-refractivity contribution >= 4 is 12.0 Å². The van der Waals surface area contributed by atoms with E-state index in [2.05, 4.69) is 10.1 Å². The molecule has 0 heterocycles. The fourth-order valence-electron chi connectivity index (χ4n) is 3.98. The van der Waals surface area contributed by atoms with Gasteiger partial charge in [-0.2, -0.15) is 23.0 Å². The minimum atomic E-state index is -4.94. The molecule has 0 radical (unpaired) electrons. The first-order chi connectivity index (χ1) is 18.5. The number of halogens is 6. The van der Waals surface area contributed by atoms with E-state index in [0.717, 1.165) is 24.3 Å². The molecule has 2 N–H and O–H groups in total. The molecule has 1 saturated carbocycles. The Morgan fingerprint density at radius 2 is 1.56 bits per heavy atom. The monoisotopic (exact) mass is 552 g/mol. The molecule has 3 aromatic carbocycles. The Morgan fingerprint density at radius 3 is 2.18 bits per heavy atom. The van der Waals surface area contributed by atoms with E-state index >= 15 is 0 Å². The first kappa shape index (κ1) is 27.8. The average Bonchev–Trinajstić information content (AvgIpc) is 3.73. The number of carbonyl (C=O) groups is 2. The Balaban J connectivity index is 1.82. The topological polar surface area (TPSA) is 76.7 Å². The van der Waals surface area contributed by atoms with Crippen LogP contribution in [0.1, 0.15) is 29.5 Å². The maximum atomic E-state index is 14.8. The number of rotatable bonds is 9. The highest BCUT2D eigenvalue weighted by atomic mass is 19.3. The quantitative estimate of drug-likeness (QED) is 0.258. The third kappa shape index (κ3) is 6.81. The number of carbonyl (C=O) groups excluding carboxylic acids is 2. The molecule has 0 aromatic heterocycles. The Kier molecular flexibility index (Phi) is 8.03. The van der Waals surface area contributed by atoms with E-state index < -0.39 is 47.5 Å². The smallest absolute Gasteiger partial charge is 0.428 e. The van der Waals surface area contributed by atoms with Crippen LogP contribution in [-0.4, -0.2) is 24.5 Å². The van der Waals surface area contributed by atoms with Gasteiger partial charge in [-0.1, -0.05) is 42.5 Å². The lowest BCUT2D eigenvalue weighted by Crippen LogP contribution is -2.52. The second-order valence-corrected chi connectivity index (χ2v) is 8.97. The van der Waals surface area contributed by atoms with Crippen molar-refractivity contribution in [1.29, 1.82) is 0 Å². The van der Waals surface area contributed by atoms with Crippen molar-refractivity contribution in [2.45, 2.75) is 37.3 Å². The van der Waals surface area contributed by atoms with Crippen molar-refractivity contribution < 1.29 is 45.5 Å². The second kappa shape index (κ2) is 11.3. The van der Waals surface area contributed by atoms with E-state index in [0.29, 0.717) is 24.5 Å². The summed E-state index contributed by atoms with van der Waals surface area (Å²) in [6.45, 7) is 0. The van der Waals surface area contributed by atoms with Gasteiger partial charge in [0.1, 0.15) is 17.4 Å². The van der Waals surface area contributed by atoms with Gasteiger partial charge in [0.2, 0.25) is 0 Å². The summed E-state index contributed by atoms with van der Waals surface area (Å²) in [6, 6.07) is 14.2. The molecule has 1 unspecified atom stereocenters. The highest BCUT2D eigenvalue weighted by Crippen LogP contribution is 2.38. The number of hydrogen-bond acceptors (Lipinski definition) is 4. The first-order valence-corrected chi connectivity index (χ1v) is 11.7. The van der Waals surface area contributed by atoms with E-state index in [4.69, 9.17) is 4.84 Å². The molecule has 1 aliphatic rings. The van der Waals surface area contributed by atoms with Crippen LogP contribution >= 0.6 is 0 Å². The minimum Gasteiger partial charge on any atom is -0.428 e. The van der Waals surface area contributed by atoms with Gasteiger partial charge in [0.05, 0.1) is 11.5 Å². The Morgan fingerprint density at radius 1 is 0.897 bits per heavy atom. The molecule has 6 nitrogen and oxygen atoms in total. The third-order valence-corrected chi connectivity index (χ3v) is 6.00. The van der Waals surface area contributed by atoms with Gasteiger partial charge in [0, 0.05) is 12.5 Å². The molecule has 39 heavy (non-hydrogen) atoms. The van der Waals surface area contributed by atoms with Gasteiger partial charge in [0.25, 0.3) is 0 Å². The lowest BCUT2D eigenvalue weighted by Gasteiger charge is -2.36. The summed E-state index contributed by atoms with van der Waals surface area (Å²) in [5, 5.41) is 2.58. The second-order valence-electron chi connectivity index (χ2n) is 8.97. The van der Waals surface area contributed by atoms with Gasteiger partial charge >= 0.3 is 24.5 Å². The molecule has 1 aliphatic carbocycles. The van der Waals surface area contributed by atoms with Gasteiger partial charge in [-0.3, -0.25) is 0 Å². The third-order valence-electron chi connectivity index (χ3n) is 6.00. The van der Waals surface area contributed by atoms with Crippen LogP contribution in [0, 0.1) is 17.6 Å². The number of benzene rings is 3. The van der Waals surface area contributed by atoms with E-state index in [-0.39, 0.29) is 23.5 Å². The number of alkyl halides is 4. The lowest BCUT2D eigenvalue weighted by molar-refractivity contribution is -0.253. The molecule has 1 atom stereocenters. The summed E-state index contributed by atoms with van der Waals surface area (Å²) >= 11 is 0. The van der Waals surface area contributed by atoms with Crippen molar-refractivity contribution in [3.05, 3.63) is 101 Å². The van der Waals surface area contributed by atoms with Crippen molar-refractivity contribution in [1.82, 2.24) is 10.8 Å². The summed E-state index contributed by atoms with van der Waals surface area (Å²) in [7, 11) is 0. The SMILES string of the molecule is O=C(NOC(=O)C1CC1)NC(Cc1ccccc1)(c1ccc(F)cc1)c1cc(F)cc(OC(F)(F)C(F)F)c1. The van der Waals surface area contributed by atoms with Gasteiger partial charge in [-0.15, -0.1) is 0 Å². The highest BCUT2D eigenvalue weighted by Gasteiger charge is 2.45. The standard InChI is InChI=1S/C27H22F6N2O4/c28-20-10-8-18(9-11-20)26(15-16-4-2-1-3-5-16,34-25(37)35-39-23(36)17-6-7-17)19-12-21(29)14-22(13-19)38-27(32,33)24(30)31/h1-5,8-14,17,24H,6-7,15H2,(H2,34,35,37). The number of nitrogens with one attached hydrogen (secondary N) is 2. The van der Waals surface area contributed by atoms with Gasteiger partial charge in [-0.25, -0.2) is 18.4 Å². The normalized spacial score (nSPS) is 14.8. The van der Waals surface area contributed by atoms with Crippen LogP contribution in [0.4, 0.5) is 31.1 Å². The Bertz CT molecular complexity index is 1320. The largest absolute Gasteiger partial charge is 0.461 e. The zero-order chi connectivity index (χ0) is 28.2. The van der Waals surface area contributed by atoms with E-state index in [9.17, 15) is 35.9 Å². The van der Waals surface area contributed by atoms with Crippen LogP contribution in [0.15, 0.2) is 72.8 Å². The molecule has 0 saturated heterocycles. The number of amides is 2. The summed E-state index contributed by atoms with van der Waals surface area (Å²) in [6.07, 6.45) is -8.10. The maximum Gasteiger partial charge on any atom is 0.461 e.